The lowest BCUT2D eigenvalue weighted by molar-refractivity contribution is -0.150. The quantitative estimate of drug-likeness (QED) is 0.385. The molecule has 0 aromatic heterocycles. The molecule has 0 saturated carbocycles. The Labute approximate surface area is 67.6 Å². The molecule has 0 amide bonds. The second-order valence-electron chi connectivity index (χ2n) is 2.29. The molecule has 66 valence electrons. The molecule has 1 aliphatic heterocycles. The Balaban J connectivity index is 2.64. The highest BCUT2D eigenvalue weighted by Gasteiger charge is 2.26. The minimum atomic E-state index is -1.31. The first kappa shape index (κ1) is 8.66. The second kappa shape index (κ2) is 3.31. The summed E-state index contributed by atoms with van der Waals surface area (Å²) in [5, 5.41) is 0. The summed E-state index contributed by atoms with van der Waals surface area (Å²) in [7, 11) is 0. The van der Waals surface area contributed by atoms with Crippen LogP contribution in [-0.2, 0) is 19.1 Å². The van der Waals surface area contributed by atoms with E-state index in [0.29, 0.717) is 0 Å². The van der Waals surface area contributed by atoms with Crippen molar-refractivity contribution in [2.75, 3.05) is 0 Å². The van der Waals surface area contributed by atoms with E-state index in [9.17, 15) is 14.4 Å². The first-order valence-corrected chi connectivity index (χ1v) is 3.31. The summed E-state index contributed by atoms with van der Waals surface area (Å²) >= 11 is 0. The predicted molar refractivity (Wildman–Crippen MR) is 34.8 cm³/mol. The molecule has 0 aromatic carbocycles. The minimum Gasteiger partial charge on any atom is -0.360 e. The summed E-state index contributed by atoms with van der Waals surface area (Å²) in [5.41, 5.74) is 5.24. The van der Waals surface area contributed by atoms with Crippen molar-refractivity contribution >= 4 is 18.1 Å². The van der Waals surface area contributed by atoms with Gasteiger partial charge < -0.3 is 15.2 Å². The Kier molecular flexibility index (Phi) is 2.39. The summed E-state index contributed by atoms with van der Waals surface area (Å²) in [6, 6.07) is -0.929. The average molecular weight is 173 g/mol. The molecule has 1 unspecified atom stereocenters. The van der Waals surface area contributed by atoms with Crippen LogP contribution in [0.2, 0.25) is 0 Å². The fourth-order valence-electron chi connectivity index (χ4n) is 0.714. The van der Waals surface area contributed by atoms with E-state index in [-0.39, 0.29) is 12.8 Å². The molecule has 0 bridgehead atoms. The zero-order valence-electron chi connectivity index (χ0n) is 6.11. The van der Waals surface area contributed by atoms with Crippen LogP contribution in [0.4, 0.5) is 4.79 Å². The molecule has 1 saturated heterocycles. The molecule has 0 aliphatic carbocycles. The summed E-state index contributed by atoms with van der Waals surface area (Å²) in [5.74, 6) is -1.60. The molecule has 0 radical (unpaired) electrons. The summed E-state index contributed by atoms with van der Waals surface area (Å²) in [4.78, 5) is 31.8. The van der Waals surface area contributed by atoms with Gasteiger partial charge in [-0.25, -0.2) is 9.59 Å². The zero-order valence-corrected chi connectivity index (χ0v) is 6.11. The predicted octanol–water partition coefficient (Wildman–Crippen LogP) is -0.686. The third-order valence-electron chi connectivity index (χ3n) is 1.34. The van der Waals surface area contributed by atoms with E-state index < -0.39 is 24.1 Å². The van der Waals surface area contributed by atoms with Crippen molar-refractivity contribution < 1.29 is 23.9 Å². The first-order valence-electron chi connectivity index (χ1n) is 3.31. The van der Waals surface area contributed by atoms with Gasteiger partial charge in [-0.3, -0.25) is 4.79 Å². The Morgan fingerprint density at radius 1 is 1.25 bits per heavy atom. The molecule has 6 nitrogen and oxygen atoms in total. The van der Waals surface area contributed by atoms with E-state index in [2.05, 4.69) is 9.47 Å². The van der Waals surface area contributed by atoms with E-state index >= 15 is 0 Å². The number of carbonyl (C=O) groups is 3. The fraction of sp³-hybridized carbons (Fsp3) is 0.500. The molecule has 1 aliphatic rings. The number of cyclic esters (lactones) is 4. The van der Waals surface area contributed by atoms with Gasteiger partial charge in [0.05, 0.1) is 0 Å². The Hall–Kier alpha value is -1.43. The molecule has 0 aromatic rings. The van der Waals surface area contributed by atoms with Crippen LogP contribution in [-0.4, -0.2) is 24.1 Å². The van der Waals surface area contributed by atoms with Crippen LogP contribution in [0, 0.1) is 0 Å². The topological polar surface area (TPSA) is 95.7 Å². The van der Waals surface area contributed by atoms with Gasteiger partial charge in [0.1, 0.15) is 6.04 Å². The van der Waals surface area contributed by atoms with Gasteiger partial charge in [-0.05, 0) is 6.42 Å². The van der Waals surface area contributed by atoms with Crippen molar-refractivity contribution in [3.8, 4) is 0 Å². The van der Waals surface area contributed by atoms with Gasteiger partial charge in [-0.2, -0.15) is 0 Å². The molecule has 1 rings (SSSR count). The maximum absolute atomic E-state index is 10.7. The van der Waals surface area contributed by atoms with Crippen molar-refractivity contribution in [3.63, 3.8) is 0 Å². The SMILES string of the molecule is NC1CCC(=O)OC(=O)OC1=O. The standard InChI is InChI=1S/C6H7NO5/c7-3-1-2-4(8)11-6(10)12-5(3)9/h3H,1-2,7H2. The molecular weight excluding hydrogens is 166 g/mol. The zero-order chi connectivity index (χ0) is 9.14. The fourth-order valence-corrected chi connectivity index (χ4v) is 0.714. The van der Waals surface area contributed by atoms with Crippen LogP contribution in [0.5, 0.6) is 0 Å². The monoisotopic (exact) mass is 173 g/mol. The number of ether oxygens (including phenoxy) is 2. The number of nitrogens with two attached hydrogens (primary N) is 1. The van der Waals surface area contributed by atoms with E-state index in [0.717, 1.165) is 0 Å². The van der Waals surface area contributed by atoms with Crippen LogP contribution in [0.15, 0.2) is 0 Å². The van der Waals surface area contributed by atoms with Gasteiger partial charge in [-0.1, -0.05) is 0 Å². The molecule has 1 fully saturated rings. The van der Waals surface area contributed by atoms with Gasteiger partial charge >= 0.3 is 18.1 Å². The molecule has 0 spiro atoms. The first-order chi connectivity index (χ1) is 5.59. The van der Waals surface area contributed by atoms with Crippen molar-refractivity contribution in [2.45, 2.75) is 18.9 Å². The molecule has 1 heterocycles. The van der Waals surface area contributed by atoms with Gasteiger partial charge in [0.2, 0.25) is 0 Å². The lowest BCUT2D eigenvalue weighted by Gasteiger charge is -2.12. The number of hydrogen-bond acceptors (Lipinski definition) is 6. The molecule has 2 N–H and O–H groups in total. The van der Waals surface area contributed by atoms with Crippen LogP contribution < -0.4 is 5.73 Å². The number of hydrogen-bond donors (Lipinski definition) is 1. The highest BCUT2D eigenvalue weighted by atomic mass is 16.8. The summed E-state index contributed by atoms with van der Waals surface area (Å²) in [6.45, 7) is 0. The number of rotatable bonds is 0. The van der Waals surface area contributed by atoms with Crippen molar-refractivity contribution in [3.05, 3.63) is 0 Å². The molecule has 12 heavy (non-hydrogen) atoms. The molecule has 1 atom stereocenters. The van der Waals surface area contributed by atoms with Crippen molar-refractivity contribution in [2.24, 2.45) is 5.73 Å². The third-order valence-corrected chi connectivity index (χ3v) is 1.34. The van der Waals surface area contributed by atoms with E-state index in [1.165, 1.54) is 0 Å². The number of carbonyl (C=O) groups excluding carboxylic acids is 3. The Morgan fingerprint density at radius 2 is 1.92 bits per heavy atom. The van der Waals surface area contributed by atoms with Gasteiger partial charge in [0.15, 0.2) is 0 Å². The normalized spacial score (nSPS) is 25.4. The van der Waals surface area contributed by atoms with Crippen molar-refractivity contribution in [1.29, 1.82) is 0 Å². The second-order valence-corrected chi connectivity index (χ2v) is 2.29. The summed E-state index contributed by atoms with van der Waals surface area (Å²) in [6.07, 6.45) is -1.23. The summed E-state index contributed by atoms with van der Waals surface area (Å²) < 4.78 is 8.06. The van der Waals surface area contributed by atoms with Crippen LogP contribution >= 0.6 is 0 Å². The third kappa shape index (κ3) is 2.03. The Morgan fingerprint density at radius 3 is 2.58 bits per heavy atom. The lowest BCUT2D eigenvalue weighted by Crippen LogP contribution is -2.37. The van der Waals surface area contributed by atoms with Gasteiger partial charge in [0, 0.05) is 6.42 Å². The maximum Gasteiger partial charge on any atom is 0.524 e. The van der Waals surface area contributed by atoms with Gasteiger partial charge in [0.25, 0.3) is 0 Å². The smallest absolute Gasteiger partial charge is 0.360 e. The highest BCUT2D eigenvalue weighted by Crippen LogP contribution is 2.04. The highest BCUT2D eigenvalue weighted by molar-refractivity contribution is 5.92. The number of esters is 2. The average Bonchev–Trinajstić information content (AvgIpc) is 1.98. The maximum atomic E-state index is 10.7. The van der Waals surface area contributed by atoms with Crippen LogP contribution in [0.3, 0.4) is 0 Å². The van der Waals surface area contributed by atoms with Gasteiger partial charge in [-0.15, -0.1) is 0 Å². The Bertz CT molecular complexity index is 236. The van der Waals surface area contributed by atoms with E-state index in [4.69, 9.17) is 5.73 Å². The van der Waals surface area contributed by atoms with Crippen LogP contribution in [0.1, 0.15) is 12.8 Å². The van der Waals surface area contributed by atoms with E-state index in [1.54, 1.807) is 0 Å². The minimum absolute atomic E-state index is 0.0536. The van der Waals surface area contributed by atoms with Crippen LogP contribution in [0.25, 0.3) is 0 Å². The van der Waals surface area contributed by atoms with E-state index in [1.807, 2.05) is 0 Å². The van der Waals surface area contributed by atoms with Crippen molar-refractivity contribution in [1.82, 2.24) is 0 Å². The molecular formula is C6H7NO5. The largest absolute Gasteiger partial charge is 0.524 e. The molecule has 6 heteroatoms. The lowest BCUT2D eigenvalue weighted by atomic mass is 10.2.